The molecule has 1 aromatic heterocycles. The molecule has 0 bridgehead atoms. The van der Waals surface area contributed by atoms with Crippen LogP contribution in [-0.2, 0) is 0 Å². The number of rotatable bonds is 4. The predicted molar refractivity (Wildman–Crippen MR) is 88.3 cm³/mol. The molecule has 0 atom stereocenters. The van der Waals surface area contributed by atoms with Gasteiger partial charge in [0.05, 0.1) is 11.9 Å². The highest BCUT2D eigenvalue weighted by atomic mass is 19.1. The summed E-state index contributed by atoms with van der Waals surface area (Å²) in [5.41, 5.74) is 1.58. The largest absolute Gasteiger partial charge is 0.354 e. The van der Waals surface area contributed by atoms with Gasteiger partial charge >= 0.3 is 0 Å². The van der Waals surface area contributed by atoms with Crippen LogP contribution in [0.15, 0.2) is 66.9 Å². The first kappa shape index (κ1) is 15.6. The van der Waals surface area contributed by atoms with Gasteiger partial charge in [0.2, 0.25) is 0 Å². The van der Waals surface area contributed by atoms with E-state index >= 15 is 0 Å². The Labute approximate surface area is 137 Å². The Balaban J connectivity index is 1.66. The molecule has 0 unspecified atom stereocenters. The minimum absolute atomic E-state index is 0.333. The molecule has 3 aromatic rings. The molecule has 0 fully saturated rings. The number of hydrogen-bond acceptors (Lipinski definition) is 3. The van der Waals surface area contributed by atoms with Gasteiger partial charge in [0.25, 0.3) is 5.91 Å². The van der Waals surface area contributed by atoms with Gasteiger partial charge in [0.15, 0.2) is 0 Å². The Bertz CT molecular complexity index is 849. The molecule has 0 saturated heterocycles. The Morgan fingerprint density at radius 1 is 0.875 bits per heavy atom. The lowest BCUT2D eigenvalue weighted by Crippen LogP contribution is -2.12. The number of carbonyl (C=O) groups is 1. The third-order valence-corrected chi connectivity index (χ3v) is 3.22. The van der Waals surface area contributed by atoms with E-state index in [9.17, 15) is 13.6 Å². The summed E-state index contributed by atoms with van der Waals surface area (Å²) in [7, 11) is 0. The minimum Gasteiger partial charge on any atom is -0.354 e. The van der Waals surface area contributed by atoms with E-state index in [1.165, 1.54) is 42.6 Å². The first-order valence-electron chi connectivity index (χ1n) is 7.16. The predicted octanol–water partition coefficient (Wildman–Crippen LogP) is 4.36. The zero-order valence-corrected chi connectivity index (χ0v) is 12.5. The topological polar surface area (TPSA) is 54.0 Å². The van der Waals surface area contributed by atoms with Crippen molar-refractivity contribution in [2.75, 3.05) is 10.6 Å². The molecule has 0 saturated carbocycles. The summed E-state index contributed by atoms with van der Waals surface area (Å²) in [4.78, 5) is 16.1. The normalized spacial score (nSPS) is 10.2. The summed E-state index contributed by atoms with van der Waals surface area (Å²) in [5.74, 6) is -0.768. The molecule has 1 amide bonds. The van der Waals surface area contributed by atoms with Crippen LogP contribution in [0, 0.1) is 11.6 Å². The lowest BCUT2D eigenvalue weighted by atomic mass is 10.2. The molecule has 0 aliphatic heterocycles. The van der Waals surface area contributed by atoms with Crippen LogP contribution < -0.4 is 10.6 Å². The lowest BCUT2D eigenvalue weighted by Gasteiger charge is -2.08. The summed E-state index contributed by atoms with van der Waals surface area (Å²) in [6.45, 7) is 0. The first-order valence-corrected chi connectivity index (χ1v) is 7.16. The molecule has 0 aliphatic rings. The fraction of sp³-hybridized carbons (Fsp3) is 0. The van der Waals surface area contributed by atoms with Crippen molar-refractivity contribution in [1.82, 2.24) is 4.98 Å². The molecule has 120 valence electrons. The van der Waals surface area contributed by atoms with Gasteiger partial charge < -0.3 is 10.6 Å². The number of nitrogens with zero attached hydrogens (tertiary/aromatic N) is 1. The average molecular weight is 325 g/mol. The van der Waals surface area contributed by atoms with E-state index in [1.54, 1.807) is 24.3 Å². The Kier molecular flexibility index (Phi) is 4.47. The van der Waals surface area contributed by atoms with Crippen LogP contribution >= 0.6 is 0 Å². The fourth-order valence-corrected chi connectivity index (χ4v) is 2.06. The standard InChI is InChI=1S/C18H13F2N3O/c19-13-6-4-12(5-7-13)18(24)23-17-9-8-16(11-21-17)22-15-3-1-2-14(20)10-15/h1-11,22H,(H,21,23,24). The number of benzene rings is 2. The number of anilines is 3. The molecule has 24 heavy (non-hydrogen) atoms. The van der Waals surface area contributed by atoms with Crippen LogP contribution in [0.5, 0.6) is 0 Å². The van der Waals surface area contributed by atoms with Crippen molar-refractivity contribution < 1.29 is 13.6 Å². The van der Waals surface area contributed by atoms with Gasteiger partial charge in [-0.2, -0.15) is 0 Å². The van der Waals surface area contributed by atoms with Crippen molar-refractivity contribution in [1.29, 1.82) is 0 Å². The molecule has 2 N–H and O–H groups in total. The number of hydrogen-bond donors (Lipinski definition) is 2. The van der Waals surface area contributed by atoms with E-state index in [4.69, 9.17) is 0 Å². The highest BCUT2D eigenvalue weighted by Crippen LogP contribution is 2.18. The number of nitrogens with one attached hydrogen (secondary N) is 2. The van der Waals surface area contributed by atoms with Crippen LogP contribution in [0.2, 0.25) is 0 Å². The maximum absolute atomic E-state index is 13.1. The summed E-state index contributed by atoms with van der Waals surface area (Å²) < 4.78 is 26.0. The molecule has 6 heteroatoms. The van der Waals surface area contributed by atoms with Gasteiger partial charge in [0.1, 0.15) is 17.5 Å². The lowest BCUT2D eigenvalue weighted by molar-refractivity contribution is 0.102. The number of carbonyl (C=O) groups excluding carboxylic acids is 1. The molecule has 2 aromatic carbocycles. The molecule has 3 rings (SSSR count). The summed E-state index contributed by atoms with van der Waals surface area (Å²) in [5, 5.41) is 5.62. The SMILES string of the molecule is O=C(Nc1ccc(Nc2cccc(F)c2)cn1)c1ccc(F)cc1. The Morgan fingerprint density at radius 2 is 1.67 bits per heavy atom. The number of pyridine rings is 1. The zero-order chi connectivity index (χ0) is 16.9. The minimum atomic E-state index is -0.405. The quantitative estimate of drug-likeness (QED) is 0.749. The second-order valence-corrected chi connectivity index (χ2v) is 5.03. The van der Waals surface area contributed by atoms with Crippen LogP contribution in [0.25, 0.3) is 0 Å². The van der Waals surface area contributed by atoms with E-state index in [0.717, 1.165) is 0 Å². The maximum Gasteiger partial charge on any atom is 0.256 e. The van der Waals surface area contributed by atoms with Gasteiger partial charge in [-0.3, -0.25) is 4.79 Å². The van der Waals surface area contributed by atoms with Gasteiger partial charge in [0, 0.05) is 11.3 Å². The Hall–Kier alpha value is -3.28. The van der Waals surface area contributed by atoms with E-state index in [1.807, 2.05) is 0 Å². The molecule has 1 heterocycles. The van der Waals surface area contributed by atoms with Gasteiger partial charge in [-0.15, -0.1) is 0 Å². The van der Waals surface area contributed by atoms with E-state index in [2.05, 4.69) is 15.6 Å². The second-order valence-electron chi connectivity index (χ2n) is 5.03. The van der Waals surface area contributed by atoms with Crippen molar-refractivity contribution in [3.8, 4) is 0 Å². The van der Waals surface area contributed by atoms with E-state index in [-0.39, 0.29) is 11.7 Å². The van der Waals surface area contributed by atoms with Crippen molar-refractivity contribution in [2.45, 2.75) is 0 Å². The van der Waals surface area contributed by atoms with Crippen LogP contribution in [-0.4, -0.2) is 10.9 Å². The zero-order valence-electron chi connectivity index (χ0n) is 12.5. The van der Waals surface area contributed by atoms with Crippen molar-refractivity contribution in [2.24, 2.45) is 0 Å². The number of aromatic nitrogens is 1. The smallest absolute Gasteiger partial charge is 0.256 e. The summed E-state index contributed by atoms with van der Waals surface area (Å²) in [6.07, 6.45) is 1.52. The van der Waals surface area contributed by atoms with Gasteiger partial charge in [-0.1, -0.05) is 6.07 Å². The third-order valence-electron chi connectivity index (χ3n) is 3.22. The van der Waals surface area contributed by atoms with Gasteiger partial charge in [-0.25, -0.2) is 13.8 Å². The van der Waals surface area contributed by atoms with Crippen LogP contribution in [0.1, 0.15) is 10.4 Å². The fourth-order valence-electron chi connectivity index (χ4n) is 2.06. The van der Waals surface area contributed by atoms with Crippen molar-refractivity contribution in [3.63, 3.8) is 0 Å². The monoisotopic (exact) mass is 325 g/mol. The number of halogens is 2. The van der Waals surface area contributed by atoms with Crippen molar-refractivity contribution in [3.05, 3.63) is 84.1 Å². The Morgan fingerprint density at radius 3 is 2.33 bits per heavy atom. The van der Waals surface area contributed by atoms with Crippen LogP contribution in [0.3, 0.4) is 0 Å². The molecular formula is C18H13F2N3O. The molecular weight excluding hydrogens is 312 g/mol. The van der Waals surface area contributed by atoms with Crippen molar-refractivity contribution >= 4 is 23.1 Å². The summed E-state index contributed by atoms with van der Waals surface area (Å²) >= 11 is 0. The summed E-state index contributed by atoms with van der Waals surface area (Å²) in [6, 6.07) is 14.6. The van der Waals surface area contributed by atoms with Gasteiger partial charge in [-0.05, 0) is 54.6 Å². The highest BCUT2D eigenvalue weighted by molar-refractivity contribution is 6.03. The van der Waals surface area contributed by atoms with Crippen LogP contribution in [0.4, 0.5) is 26.0 Å². The third kappa shape index (κ3) is 3.92. The average Bonchev–Trinajstić information content (AvgIpc) is 2.57. The molecule has 0 aliphatic carbocycles. The highest BCUT2D eigenvalue weighted by Gasteiger charge is 2.07. The second kappa shape index (κ2) is 6.87. The number of amides is 1. The van der Waals surface area contributed by atoms with E-state index in [0.29, 0.717) is 22.8 Å². The van der Waals surface area contributed by atoms with E-state index < -0.39 is 5.82 Å². The first-order chi connectivity index (χ1) is 11.6. The molecule has 0 radical (unpaired) electrons. The maximum atomic E-state index is 13.1. The molecule has 0 spiro atoms. The molecule has 4 nitrogen and oxygen atoms in total.